The number of hydrogen-bond acceptors (Lipinski definition) is 6. The van der Waals surface area contributed by atoms with Crippen molar-refractivity contribution >= 4 is 11.9 Å². The van der Waals surface area contributed by atoms with Gasteiger partial charge in [-0.3, -0.25) is 14.5 Å². The molecular weight excluding hydrogens is 393 g/mol. The highest BCUT2D eigenvalue weighted by Gasteiger charge is 2.29. The number of alkyl halides is 3. The van der Waals surface area contributed by atoms with Gasteiger partial charge in [-0.1, -0.05) is 12.1 Å². The summed E-state index contributed by atoms with van der Waals surface area (Å²) in [6.07, 6.45) is -4.18. The van der Waals surface area contributed by atoms with Crippen molar-refractivity contribution in [2.45, 2.75) is 25.6 Å². The molecule has 10 heteroatoms. The zero-order valence-electron chi connectivity index (χ0n) is 16.4. The number of nitrogens with zero attached hydrogens (tertiary/aromatic N) is 2. The summed E-state index contributed by atoms with van der Waals surface area (Å²) in [6, 6.07) is 5.92. The fourth-order valence-electron chi connectivity index (χ4n) is 2.94. The van der Waals surface area contributed by atoms with E-state index in [1.807, 2.05) is 6.92 Å². The van der Waals surface area contributed by atoms with Gasteiger partial charge in [-0.05, 0) is 19.1 Å². The Balaban J connectivity index is 1.81. The summed E-state index contributed by atoms with van der Waals surface area (Å²) in [5, 5.41) is 0. The van der Waals surface area contributed by atoms with Crippen LogP contribution >= 0.6 is 0 Å². The first kappa shape index (κ1) is 22.8. The Kier molecular flexibility index (Phi) is 8.12. The van der Waals surface area contributed by atoms with Crippen LogP contribution in [0.3, 0.4) is 0 Å². The quantitative estimate of drug-likeness (QED) is 0.603. The molecule has 29 heavy (non-hydrogen) atoms. The van der Waals surface area contributed by atoms with Gasteiger partial charge >= 0.3 is 12.1 Å². The summed E-state index contributed by atoms with van der Waals surface area (Å²) in [5.74, 6) is -0.541. The zero-order valence-corrected chi connectivity index (χ0v) is 16.4. The van der Waals surface area contributed by atoms with Crippen molar-refractivity contribution in [3.63, 3.8) is 0 Å². The molecule has 0 aliphatic carbocycles. The van der Waals surface area contributed by atoms with E-state index in [9.17, 15) is 22.8 Å². The van der Waals surface area contributed by atoms with Gasteiger partial charge in [-0.15, -0.1) is 0 Å². The summed E-state index contributed by atoms with van der Waals surface area (Å²) in [5.41, 5.74) is 0. The van der Waals surface area contributed by atoms with Crippen LogP contribution in [0.15, 0.2) is 24.3 Å². The van der Waals surface area contributed by atoms with E-state index in [-0.39, 0.29) is 42.4 Å². The average molecular weight is 418 g/mol. The fraction of sp³-hybridized carbons (Fsp3) is 0.579. The average Bonchev–Trinajstić information content (AvgIpc) is 2.70. The molecular formula is C19H25F3N2O5. The zero-order chi connectivity index (χ0) is 21.4. The molecule has 1 aliphatic rings. The minimum atomic E-state index is -4.46. The lowest BCUT2D eigenvalue weighted by Crippen LogP contribution is -2.52. The number of methoxy groups -OCH3 is 1. The van der Waals surface area contributed by atoms with Crippen molar-refractivity contribution in [3.05, 3.63) is 24.3 Å². The van der Waals surface area contributed by atoms with Crippen LogP contribution < -0.4 is 9.47 Å². The topological polar surface area (TPSA) is 68.3 Å². The van der Waals surface area contributed by atoms with Gasteiger partial charge in [0.25, 0.3) is 5.91 Å². The predicted molar refractivity (Wildman–Crippen MR) is 97.7 cm³/mol. The number of carbonyl (C=O) groups is 2. The molecule has 0 N–H and O–H groups in total. The third kappa shape index (κ3) is 7.45. The lowest BCUT2D eigenvalue weighted by Gasteiger charge is -2.37. The molecule has 2 rings (SSSR count). The number of benzene rings is 1. The van der Waals surface area contributed by atoms with Crippen molar-refractivity contribution in [3.8, 4) is 11.5 Å². The van der Waals surface area contributed by atoms with Gasteiger partial charge in [-0.2, -0.15) is 13.2 Å². The monoisotopic (exact) mass is 418 g/mol. The highest BCUT2D eigenvalue weighted by atomic mass is 19.4. The molecule has 0 unspecified atom stereocenters. The van der Waals surface area contributed by atoms with Crippen molar-refractivity contribution in [2.24, 2.45) is 0 Å². The number of piperazine rings is 1. The van der Waals surface area contributed by atoms with Gasteiger partial charge < -0.3 is 19.1 Å². The molecule has 1 aromatic rings. The SMILES string of the molecule is COC(=O)C[C@@H](C)N1CCN(C(=O)COc2ccccc2OCC(F)(F)F)CC1. The minimum Gasteiger partial charge on any atom is -0.480 e. The molecule has 7 nitrogen and oxygen atoms in total. The third-order valence-corrected chi connectivity index (χ3v) is 4.57. The Labute approximate surface area is 167 Å². The summed E-state index contributed by atoms with van der Waals surface area (Å²) >= 11 is 0. The molecule has 0 aromatic heterocycles. The first-order chi connectivity index (χ1) is 13.7. The summed E-state index contributed by atoms with van der Waals surface area (Å²) in [6.45, 7) is 2.34. The predicted octanol–water partition coefficient (Wildman–Crippen LogP) is 2.10. The molecule has 1 fully saturated rings. The second kappa shape index (κ2) is 10.3. The Bertz CT molecular complexity index is 691. The van der Waals surface area contributed by atoms with Crippen LogP contribution in [0.5, 0.6) is 11.5 Å². The minimum absolute atomic E-state index is 0.00797. The molecule has 0 spiro atoms. The lowest BCUT2D eigenvalue weighted by molar-refractivity contribution is -0.153. The molecule has 0 radical (unpaired) electrons. The molecule has 1 aromatic carbocycles. The van der Waals surface area contributed by atoms with Crippen LogP contribution in [0.2, 0.25) is 0 Å². The first-order valence-corrected chi connectivity index (χ1v) is 9.19. The van der Waals surface area contributed by atoms with Gasteiger partial charge in [0.2, 0.25) is 0 Å². The van der Waals surface area contributed by atoms with E-state index < -0.39 is 12.8 Å². The summed E-state index contributed by atoms with van der Waals surface area (Å²) < 4.78 is 51.9. The van der Waals surface area contributed by atoms with Crippen molar-refractivity contribution in [2.75, 3.05) is 46.5 Å². The Morgan fingerprint density at radius 3 is 2.21 bits per heavy atom. The number of carbonyl (C=O) groups excluding carboxylic acids is 2. The van der Waals surface area contributed by atoms with Crippen molar-refractivity contribution in [1.29, 1.82) is 0 Å². The maximum Gasteiger partial charge on any atom is 0.422 e. The van der Waals surface area contributed by atoms with Gasteiger partial charge in [-0.25, -0.2) is 0 Å². The fourth-order valence-corrected chi connectivity index (χ4v) is 2.94. The normalized spacial score (nSPS) is 16.2. The van der Waals surface area contributed by atoms with Crippen LogP contribution in [0.4, 0.5) is 13.2 Å². The largest absolute Gasteiger partial charge is 0.480 e. The van der Waals surface area contributed by atoms with Crippen LogP contribution in [0.1, 0.15) is 13.3 Å². The van der Waals surface area contributed by atoms with Gasteiger partial charge in [0.1, 0.15) is 0 Å². The van der Waals surface area contributed by atoms with E-state index in [1.54, 1.807) is 11.0 Å². The number of halogens is 3. The summed E-state index contributed by atoms with van der Waals surface area (Å²) in [7, 11) is 1.35. The van der Waals surface area contributed by atoms with Gasteiger partial charge in [0.15, 0.2) is 24.7 Å². The maximum atomic E-state index is 12.4. The number of rotatable bonds is 8. The van der Waals surface area contributed by atoms with Crippen molar-refractivity contribution < 1.29 is 37.0 Å². The first-order valence-electron chi connectivity index (χ1n) is 9.19. The van der Waals surface area contributed by atoms with E-state index >= 15 is 0 Å². The molecule has 1 aliphatic heterocycles. The van der Waals surface area contributed by atoms with Crippen LogP contribution in [-0.2, 0) is 14.3 Å². The van der Waals surface area contributed by atoms with E-state index in [2.05, 4.69) is 9.64 Å². The molecule has 1 amide bonds. The number of ether oxygens (including phenoxy) is 3. The smallest absolute Gasteiger partial charge is 0.422 e. The number of para-hydroxylation sites is 2. The van der Waals surface area contributed by atoms with E-state index in [0.717, 1.165) is 0 Å². The highest BCUT2D eigenvalue weighted by Crippen LogP contribution is 2.28. The Hall–Kier alpha value is -2.49. The van der Waals surface area contributed by atoms with E-state index in [0.29, 0.717) is 26.2 Å². The second-order valence-corrected chi connectivity index (χ2v) is 6.69. The van der Waals surface area contributed by atoms with E-state index in [1.165, 1.54) is 25.3 Å². The molecule has 162 valence electrons. The molecule has 1 saturated heterocycles. The Morgan fingerprint density at radius 2 is 1.66 bits per heavy atom. The maximum absolute atomic E-state index is 12.4. The number of esters is 1. The van der Waals surface area contributed by atoms with Gasteiger partial charge in [0.05, 0.1) is 13.5 Å². The molecule has 1 heterocycles. The molecule has 1 atom stereocenters. The molecule has 0 bridgehead atoms. The number of amides is 1. The van der Waals surface area contributed by atoms with E-state index in [4.69, 9.17) is 9.47 Å². The van der Waals surface area contributed by atoms with Gasteiger partial charge in [0, 0.05) is 32.2 Å². The van der Waals surface area contributed by atoms with Crippen LogP contribution in [0, 0.1) is 0 Å². The molecule has 0 saturated carbocycles. The van der Waals surface area contributed by atoms with Crippen molar-refractivity contribution in [1.82, 2.24) is 9.80 Å². The Morgan fingerprint density at radius 1 is 1.07 bits per heavy atom. The second-order valence-electron chi connectivity index (χ2n) is 6.69. The lowest BCUT2D eigenvalue weighted by atomic mass is 10.1. The van der Waals surface area contributed by atoms with Crippen LogP contribution in [-0.4, -0.2) is 80.4 Å². The summed E-state index contributed by atoms with van der Waals surface area (Å²) in [4.78, 5) is 27.5. The highest BCUT2D eigenvalue weighted by molar-refractivity contribution is 5.78. The third-order valence-electron chi connectivity index (χ3n) is 4.57. The number of hydrogen-bond donors (Lipinski definition) is 0. The standard InChI is InChI=1S/C19H25F3N2O5/c1-14(11-18(26)27-2)23-7-9-24(10-8-23)17(25)12-28-15-5-3-4-6-16(15)29-13-19(20,21)22/h3-6,14H,7-13H2,1-2H3/t14-/m1/s1. The van der Waals surface area contributed by atoms with Crippen LogP contribution in [0.25, 0.3) is 0 Å².